The first-order valence-corrected chi connectivity index (χ1v) is 15.4. The van der Waals surface area contributed by atoms with E-state index in [-0.39, 0.29) is 16.7 Å². The number of alkyl halides is 6. The number of aromatic nitrogens is 2. The van der Waals surface area contributed by atoms with Crippen LogP contribution >= 0.6 is 22.7 Å². The monoisotopic (exact) mass is 686 g/mol. The maximum Gasteiger partial charge on any atom is 0.390 e. The number of thiazole rings is 2. The molecule has 0 aliphatic carbocycles. The van der Waals surface area contributed by atoms with Crippen molar-refractivity contribution in [2.24, 2.45) is 0 Å². The molecule has 2 aromatic carbocycles. The van der Waals surface area contributed by atoms with Crippen LogP contribution in [0.1, 0.15) is 57.2 Å². The van der Waals surface area contributed by atoms with Gasteiger partial charge in [-0.25, -0.2) is 14.8 Å². The second kappa shape index (κ2) is 16.3. The topological polar surface area (TPSA) is 110 Å². The molecule has 2 aromatic heterocycles. The molecule has 0 saturated heterocycles. The molecule has 8 nitrogen and oxygen atoms in total. The molecule has 0 saturated carbocycles. The number of benzene rings is 2. The molecule has 4 aromatic rings. The largest absolute Gasteiger partial charge is 0.458 e. The minimum Gasteiger partial charge on any atom is -0.458 e. The highest BCUT2D eigenvalue weighted by Crippen LogP contribution is 2.24. The van der Waals surface area contributed by atoms with E-state index in [1.807, 2.05) is 5.38 Å². The van der Waals surface area contributed by atoms with Crippen molar-refractivity contribution in [3.05, 3.63) is 80.9 Å². The summed E-state index contributed by atoms with van der Waals surface area (Å²) in [6, 6.07) is 12.8. The lowest BCUT2D eigenvalue weighted by molar-refractivity contribution is -0.134. The van der Waals surface area contributed by atoms with Gasteiger partial charge in [0.25, 0.3) is 11.8 Å². The molecule has 4 rings (SSSR count). The smallest absolute Gasteiger partial charge is 0.390 e. The third-order valence-electron chi connectivity index (χ3n) is 5.73. The van der Waals surface area contributed by atoms with Gasteiger partial charge in [-0.05, 0) is 38.1 Å². The number of esters is 1. The van der Waals surface area contributed by atoms with Crippen molar-refractivity contribution in [2.45, 2.75) is 45.1 Å². The van der Waals surface area contributed by atoms with Crippen LogP contribution in [0.3, 0.4) is 0 Å². The minimum atomic E-state index is -4.31. The Morgan fingerprint density at radius 1 is 0.761 bits per heavy atom. The van der Waals surface area contributed by atoms with Crippen LogP contribution in [-0.2, 0) is 4.74 Å². The van der Waals surface area contributed by atoms with E-state index in [1.54, 1.807) is 61.1 Å². The highest BCUT2D eigenvalue weighted by atomic mass is 32.1. The summed E-state index contributed by atoms with van der Waals surface area (Å²) in [5.74, 6) is -1.60. The highest BCUT2D eigenvalue weighted by molar-refractivity contribution is 7.12. The summed E-state index contributed by atoms with van der Waals surface area (Å²) < 4.78 is 77.2. The minimum absolute atomic E-state index is 0.225. The zero-order chi connectivity index (χ0) is 33.9. The van der Waals surface area contributed by atoms with Gasteiger partial charge in [0, 0.05) is 46.1 Å². The molecule has 246 valence electrons. The third kappa shape index (κ3) is 12.2. The maximum atomic E-state index is 12.1. The van der Waals surface area contributed by atoms with Gasteiger partial charge in [-0.2, -0.15) is 26.3 Å². The molecular weight excluding hydrogens is 658 g/mol. The van der Waals surface area contributed by atoms with Crippen molar-refractivity contribution < 1.29 is 45.5 Å². The van der Waals surface area contributed by atoms with Gasteiger partial charge in [-0.1, -0.05) is 24.3 Å². The number of hydrogen-bond donors (Lipinski definition) is 2. The van der Waals surface area contributed by atoms with Crippen LogP contribution in [0.4, 0.5) is 26.3 Å². The average Bonchev–Trinajstić information content (AvgIpc) is 3.69. The molecule has 16 heteroatoms. The lowest BCUT2D eigenvalue weighted by Crippen LogP contribution is -2.27. The highest BCUT2D eigenvalue weighted by Gasteiger charge is 2.27. The van der Waals surface area contributed by atoms with E-state index < -0.39 is 56.1 Å². The molecular formula is C30H28F6N4O4S2. The molecule has 0 aliphatic rings. The Labute approximate surface area is 267 Å². The SMILES string of the molecule is CC(C)OC(=O)c1nc(-c2ccc(C(=O)NCCC(F)(F)F)cc2)cs1.O=C(NCCC(F)(F)F)c1ccc(-c2cscn2)cc1. The number of amides is 2. The fourth-order valence-electron chi connectivity index (χ4n) is 3.54. The third-order valence-corrected chi connectivity index (χ3v) is 7.14. The number of ether oxygens (including phenoxy) is 1. The molecule has 0 radical (unpaired) electrons. The van der Waals surface area contributed by atoms with E-state index >= 15 is 0 Å². The summed E-state index contributed by atoms with van der Waals surface area (Å²) in [6.45, 7) is 2.59. The Morgan fingerprint density at radius 2 is 1.24 bits per heavy atom. The van der Waals surface area contributed by atoms with Crippen LogP contribution in [0.25, 0.3) is 22.5 Å². The van der Waals surface area contributed by atoms with E-state index in [9.17, 15) is 40.7 Å². The van der Waals surface area contributed by atoms with Gasteiger partial charge in [-0.15, -0.1) is 22.7 Å². The van der Waals surface area contributed by atoms with Crippen LogP contribution < -0.4 is 10.6 Å². The second-order valence-electron chi connectivity index (χ2n) is 9.76. The zero-order valence-corrected chi connectivity index (χ0v) is 26.0. The van der Waals surface area contributed by atoms with Crippen LogP contribution in [0, 0.1) is 0 Å². The lowest BCUT2D eigenvalue weighted by atomic mass is 10.1. The summed E-state index contributed by atoms with van der Waals surface area (Å²) in [5.41, 5.74) is 5.16. The molecule has 2 heterocycles. The molecule has 2 amide bonds. The number of nitrogens with zero attached hydrogens (tertiary/aromatic N) is 2. The normalized spacial score (nSPS) is 11.4. The van der Waals surface area contributed by atoms with Gasteiger partial charge in [0.05, 0.1) is 35.8 Å². The molecule has 46 heavy (non-hydrogen) atoms. The summed E-state index contributed by atoms with van der Waals surface area (Å²) >= 11 is 2.61. The average molecular weight is 687 g/mol. The molecule has 0 unspecified atom stereocenters. The van der Waals surface area contributed by atoms with E-state index in [0.29, 0.717) is 16.8 Å². The van der Waals surface area contributed by atoms with E-state index in [0.717, 1.165) is 22.6 Å². The predicted molar refractivity (Wildman–Crippen MR) is 162 cm³/mol. The fraction of sp³-hybridized carbons (Fsp3) is 0.300. The second-order valence-corrected chi connectivity index (χ2v) is 11.3. The van der Waals surface area contributed by atoms with Crippen molar-refractivity contribution in [3.8, 4) is 22.5 Å². The lowest BCUT2D eigenvalue weighted by Gasteiger charge is -2.08. The first-order chi connectivity index (χ1) is 21.6. The summed E-state index contributed by atoms with van der Waals surface area (Å²) in [4.78, 5) is 43.6. The number of nitrogens with one attached hydrogen (secondary N) is 2. The summed E-state index contributed by atoms with van der Waals surface area (Å²) in [7, 11) is 0. The summed E-state index contributed by atoms with van der Waals surface area (Å²) in [6.07, 6.45) is -10.9. The Kier molecular flexibility index (Phi) is 12.8. The van der Waals surface area contributed by atoms with E-state index in [1.165, 1.54) is 23.5 Å². The first-order valence-electron chi connectivity index (χ1n) is 13.6. The van der Waals surface area contributed by atoms with Crippen molar-refractivity contribution >= 4 is 40.5 Å². The molecule has 0 fully saturated rings. The van der Waals surface area contributed by atoms with Gasteiger partial charge >= 0.3 is 18.3 Å². The quantitative estimate of drug-likeness (QED) is 0.132. The van der Waals surface area contributed by atoms with Gasteiger partial charge in [0.1, 0.15) is 0 Å². The number of rotatable bonds is 10. The fourth-order valence-corrected chi connectivity index (χ4v) is 4.81. The Morgan fingerprint density at radius 3 is 1.65 bits per heavy atom. The van der Waals surface area contributed by atoms with Crippen molar-refractivity contribution in [3.63, 3.8) is 0 Å². The standard InChI is InChI=1S/C17H17F3N2O3S.C13H11F3N2OS/c1-10(2)25-16(24)15-22-13(9-26-15)11-3-5-12(6-4-11)14(23)21-8-7-17(18,19)20;14-13(15,16)5-6-17-12(19)10-3-1-9(2-4-10)11-7-20-8-18-11/h3-6,9-10H,7-8H2,1-2H3,(H,21,23);1-4,7-8H,5-6H2,(H,17,19). The van der Waals surface area contributed by atoms with Gasteiger partial charge in [-0.3, -0.25) is 9.59 Å². The van der Waals surface area contributed by atoms with Gasteiger partial charge in [0.2, 0.25) is 5.01 Å². The number of hydrogen-bond acceptors (Lipinski definition) is 8. The van der Waals surface area contributed by atoms with Crippen molar-refractivity contribution in [1.82, 2.24) is 20.6 Å². The van der Waals surface area contributed by atoms with Gasteiger partial charge < -0.3 is 15.4 Å². The van der Waals surface area contributed by atoms with Crippen molar-refractivity contribution in [2.75, 3.05) is 13.1 Å². The van der Waals surface area contributed by atoms with Crippen LogP contribution in [-0.4, -0.2) is 59.3 Å². The van der Waals surface area contributed by atoms with E-state index in [4.69, 9.17) is 4.74 Å². The number of carbonyl (C=O) groups excluding carboxylic acids is 3. The molecule has 0 aliphatic heterocycles. The Balaban J connectivity index is 0.000000259. The zero-order valence-electron chi connectivity index (χ0n) is 24.4. The van der Waals surface area contributed by atoms with Crippen LogP contribution in [0.2, 0.25) is 0 Å². The summed E-state index contributed by atoms with van der Waals surface area (Å²) in [5, 5.41) is 8.24. The van der Waals surface area contributed by atoms with E-state index in [2.05, 4.69) is 20.6 Å². The first kappa shape index (κ1) is 36.2. The maximum absolute atomic E-state index is 12.1. The van der Waals surface area contributed by atoms with Crippen LogP contribution in [0.5, 0.6) is 0 Å². The molecule has 0 atom stereocenters. The number of carbonyl (C=O) groups is 3. The van der Waals surface area contributed by atoms with Crippen molar-refractivity contribution in [1.29, 1.82) is 0 Å². The number of halogens is 6. The molecule has 0 spiro atoms. The van der Waals surface area contributed by atoms with Crippen LogP contribution in [0.15, 0.2) is 64.8 Å². The predicted octanol–water partition coefficient (Wildman–Crippen LogP) is 7.55. The Hall–Kier alpha value is -4.31. The molecule has 0 bridgehead atoms. The van der Waals surface area contributed by atoms with Gasteiger partial charge in [0.15, 0.2) is 0 Å². The molecule has 2 N–H and O–H groups in total. The Bertz CT molecular complexity index is 1570.